The Morgan fingerprint density at radius 1 is 1.19 bits per heavy atom. The van der Waals surface area contributed by atoms with E-state index < -0.39 is 0 Å². The van der Waals surface area contributed by atoms with E-state index in [2.05, 4.69) is 32.3 Å². The topological polar surface area (TPSA) is 56.7 Å². The molecule has 0 bridgehead atoms. The highest BCUT2D eigenvalue weighted by Gasteiger charge is 2.30. The second-order valence-electron chi connectivity index (χ2n) is 6.54. The van der Waals surface area contributed by atoms with Gasteiger partial charge in [-0.2, -0.15) is 0 Å². The van der Waals surface area contributed by atoms with Crippen LogP contribution in [0.5, 0.6) is 0 Å². The highest BCUT2D eigenvalue weighted by atomic mass is 32.2. The van der Waals surface area contributed by atoms with Gasteiger partial charge in [0.05, 0.1) is 10.6 Å². The summed E-state index contributed by atoms with van der Waals surface area (Å²) in [5.74, 6) is 3.39. The first-order valence-corrected chi connectivity index (χ1v) is 11.6. The first-order chi connectivity index (χ1) is 13.3. The van der Waals surface area contributed by atoms with Gasteiger partial charge in [0.2, 0.25) is 5.89 Å². The average molecular weight is 415 g/mol. The molecule has 1 aliphatic carbocycles. The number of hydrogen-bond donors (Lipinski definition) is 0. The summed E-state index contributed by atoms with van der Waals surface area (Å²) in [5.41, 5.74) is 0.980. The number of thiophene rings is 2. The minimum atomic E-state index is 0.553. The van der Waals surface area contributed by atoms with Gasteiger partial charge in [-0.05, 0) is 42.7 Å². The van der Waals surface area contributed by atoms with E-state index in [4.69, 9.17) is 9.40 Å². The summed E-state index contributed by atoms with van der Waals surface area (Å²) >= 11 is 5.12. The maximum absolute atomic E-state index is 5.86. The summed E-state index contributed by atoms with van der Waals surface area (Å²) in [6.45, 7) is 1.98. The van der Waals surface area contributed by atoms with Crippen molar-refractivity contribution in [3.63, 3.8) is 0 Å². The smallest absolute Gasteiger partial charge is 0.236 e. The van der Waals surface area contributed by atoms with E-state index in [0.717, 1.165) is 39.5 Å². The molecule has 1 saturated carbocycles. The lowest BCUT2D eigenvalue weighted by atomic mass is 10.3. The van der Waals surface area contributed by atoms with Crippen molar-refractivity contribution in [2.24, 2.45) is 0 Å². The van der Waals surface area contributed by atoms with Crippen LogP contribution in [0.15, 0.2) is 44.6 Å². The molecule has 0 saturated heterocycles. The molecule has 5 rings (SSSR count). The van der Waals surface area contributed by atoms with Gasteiger partial charge in [-0.15, -0.1) is 32.9 Å². The summed E-state index contributed by atoms with van der Waals surface area (Å²) in [4.78, 5) is 7.08. The molecule has 1 fully saturated rings. The zero-order valence-electron chi connectivity index (χ0n) is 14.8. The monoisotopic (exact) mass is 414 g/mol. The van der Waals surface area contributed by atoms with E-state index >= 15 is 0 Å². The van der Waals surface area contributed by atoms with Crippen LogP contribution in [0, 0.1) is 6.92 Å². The third kappa shape index (κ3) is 3.61. The van der Waals surface area contributed by atoms with Crippen LogP contribution in [0.4, 0.5) is 0 Å². The molecule has 8 heteroatoms. The van der Waals surface area contributed by atoms with Crippen LogP contribution in [0.1, 0.15) is 41.0 Å². The van der Waals surface area contributed by atoms with Crippen LogP contribution in [-0.2, 0) is 12.2 Å². The highest BCUT2D eigenvalue weighted by Crippen LogP contribution is 2.40. The molecule has 0 aromatic carbocycles. The van der Waals surface area contributed by atoms with Crippen molar-refractivity contribution < 1.29 is 4.42 Å². The van der Waals surface area contributed by atoms with E-state index in [1.54, 1.807) is 34.4 Å². The summed E-state index contributed by atoms with van der Waals surface area (Å²) in [6.07, 6.45) is 3.29. The van der Waals surface area contributed by atoms with Gasteiger partial charge in [0.15, 0.2) is 5.16 Å². The van der Waals surface area contributed by atoms with Crippen LogP contribution >= 0.6 is 34.4 Å². The van der Waals surface area contributed by atoms with Crippen molar-refractivity contribution >= 4 is 34.4 Å². The molecule has 138 valence electrons. The van der Waals surface area contributed by atoms with E-state index in [0.29, 0.717) is 11.9 Å². The predicted molar refractivity (Wildman–Crippen MR) is 110 cm³/mol. The minimum Gasteiger partial charge on any atom is -0.440 e. The lowest BCUT2D eigenvalue weighted by Crippen LogP contribution is -2.03. The Hall–Kier alpha value is -1.90. The SMILES string of the molecule is Cc1oc(-c2cccs2)nc1CSc1nnc(Cc2cccs2)n1C1CC1. The third-order valence-corrected chi connectivity index (χ3v) is 7.21. The molecule has 4 aromatic heterocycles. The van der Waals surface area contributed by atoms with Crippen molar-refractivity contribution in [3.8, 4) is 10.8 Å². The third-order valence-electron chi connectivity index (χ3n) is 4.52. The number of hydrogen-bond acceptors (Lipinski definition) is 7. The van der Waals surface area contributed by atoms with Gasteiger partial charge in [-0.3, -0.25) is 0 Å². The lowest BCUT2D eigenvalue weighted by Gasteiger charge is -2.07. The van der Waals surface area contributed by atoms with Crippen molar-refractivity contribution in [1.29, 1.82) is 0 Å². The van der Waals surface area contributed by atoms with Crippen LogP contribution in [0.3, 0.4) is 0 Å². The minimum absolute atomic E-state index is 0.553. The number of aromatic nitrogens is 4. The van der Waals surface area contributed by atoms with Gasteiger partial charge in [-0.1, -0.05) is 23.9 Å². The molecule has 27 heavy (non-hydrogen) atoms. The molecule has 0 N–H and O–H groups in total. The Morgan fingerprint density at radius 2 is 2.04 bits per heavy atom. The van der Waals surface area contributed by atoms with Crippen molar-refractivity contribution in [1.82, 2.24) is 19.7 Å². The molecule has 0 amide bonds. The molecular weight excluding hydrogens is 396 g/mol. The Morgan fingerprint density at radius 3 is 2.78 bits per heavy atom. The standard InChI is InChI=1S/C19H18N4OS3/c1-12-15(20-18(24-12)16-5-3-9-26-16)11-27-19-22-21-17(23(19)13-6-7-13)10-14-4-2-8-25-14/h2-5,8-9,13H,6-7,10-11H2,1H3. The molecule has 5 nitrogen and oxygen atoms in total. The summed E-state index contributed by atoms with van der Waals surface area (Å²) < 4.78 is 8.19. The molecule has 4 heterocycles. The molecule has 0 unspecified atom stereocenters. The van der Waals surface area contributed by atoms with Crippen molar-refractivity contribution in [2.45, 2.75) is 43.1 Å². The van der Waals surface area contributed by atoms with E-state index in [-0.39, 0.29) is 0 Å². The maximum Gasteiger partial charge on any atom is 0.236 e. The largest absolute Gasteiger partial charge is 0.440 e. The van der Waals surface area contributed by atoms with E-state index in [1.165, 1.54) is 17.7 Å². The number of oxazole rings is 1. The number of aryl methyl sites for hydroxylation is 1. The Labute approximate surface area is 169 Å². The average Bonchev–Trinajstić information content (AvgIpc) is 3.13. The quantitative estimate of drug-likeness (QED) is 0.369. The van der Waals surface area contributed by atoms with Crippen LogP contribution < -0.4 is 0 Å². The van der Waals surface area contributed by atoms with Crippen molar-refractivity contribution in [2.75, 3.05) is 0 Å². The Bertz CT molecular complexity index is 1030. The first kappa shape index (κ1) is 17.2. The maximum atomic E-state index is 5.86. The molecule has 0 atom stereocenters. The molecule has 0 spiro atoms. The van der Waals surface area contributed by atoms with Gasteiger partial charge < -0.3 is 8.98 Å². The van der Waals surface area contributed by atoms with E-state index in [1.807, 2.05) is 24.4 Å². The fourth-order valence-electron chi connectivity index (χ4n) is 3.00. The van der Waals surface area contributed by atoms with Crippen LogP contribution in [-0.4, -0.2) is 19.7 Å². The van der Waals surface area contributed by atoms with Gasteiger partial charge in [0, 0.05) is 23.1 Å². The van der Waals surface area contributed by atoms with Crippen LogP contribution in [0.2, 0.25) is 0 Å². The highest BCUT2D eigenvalue weighted by molar-refractivity contribution is 7.98. The Balaban J connectivity index is 1.35. The summed E-state index contributed by atoms with van der Waals surface area (Å²) in [6, 6.07) is 8.85. The normalized spacial score (nSPS) is 14.1. The molecule has 4 aromatic rings. The van der Waals surface area contributed by atoms with E-state index in [9.17, 15) is 0 Å². The van der Waals surface area contributed by atoms with Gasteiger partial charge in [-0.25, -0.2) is 4.98 Å². The number of rotatable bonds is 7. The van der Waals surface area contributed by atoms with Gasteiger partial charge in [0.25, 0.3) is 0 Å². The predicted octanol–water partition coefficient (Wildman–Crippen LogP) is 5.58. The van der Waals surface area contributed by atoms with Gasteiger partial charge >= 0.3 is 0 Å². The molecular formula is C19H18N4OS3. The summed E-state index contributed by atoms with van der Waals surface area (Å²) in [7, 11) is 0. The molecule has 0 radical (unpaired) electrons. The lowest BCUT2D eigenvalue weighted by molar-refractivity contribution is 0.542. The second kappa shape index (κ2) is 7.26. The second-order valence-corrected chi connectivity index (χ2v) is 9.47. The number of nitrogens with zero attached hydrogens (tertiary/aromatic N) is 4. The van der Waals surface area contributed by atoms with Gasteiger partial charge in [0.1, 0.15) is 11.6 Å². The molecule has 1 aliphatic rings. The van der Waals surface area contributed by atoms with Crippen molar-refractivity contribution in [3.05, 3.63) is 57.2 Å². The number of thioether (sulfide) groups is 1. The fraction of sp³-hybridized carbons (Fsp3) is 0.316. The first-order valence-electron chi connectivity index (χ1n) is 8.87. The molecule has 0 aliphatic heterocycles. The summed E-state index contributed by atoms with van der Waals surface area (Å²) in [5, 5.41) is 14.1. The zero-order valence-corrected chi connectivity index (χ0v) is 17.2. The van der Waals surface area contributed by atoms with Crippen LogP contribution in [0.25, 0.3) is 10.8 Å². The Kier molecular flexibility index (Phi) is 4.63. The fourth-order valence-corrected chi connectivity index (χ4v) is 5.37. The zero-order chi connectivity index (χ0) is 18.2.